The number of likely N-dealkylation sites (tertiary alicyclic amines) is 1. The number of carbonyl (C=O) groups is 1. The van der Waals surface area contributed by atoms with Crippen LogP contribution in [0.5, 0.6) is 0 Å². The number of benzene rings is 3. The SMILES string of the molecule is O=C(NNc1ccccc1-c1ccccc1)OC1CCN(CCc2ccccc2)CC1. The first kappa shape index (κ1) is 20.9. The molecule has 4 rings (SSSR count). The number of nitrogens with one attached hydrogen (secondary N) is 2. The van der Waals surface area contributed by atoms with Crippen molar-refractivity contribution in [1.82, 2.24) is 10.3 Å². The fourth-order valence-corrected chi connectivity index (χ4v) is 3.94. The van der Waals surface area contributed by atoms with Crippen LogP contribution >= 0.6 is 0 Å². The monoisotopic (exact) mass is 415 g/mol. The van der Waals surface area contributed by atoms with Gasteiger partial charge in [0, 0.05) is 25.2 Å². The van der Waals surface area contributed by atoms with Crippen LogP contribution in [0.4, 0.5) is 10.5 Å². The van der Waals surface area contributed by atoms with Gasteiger partial charge in [-0.25, -0.2) is 10.2 Å². The summed E-state index contributed by atoms with van der Waals surface area (Å²) in [7, 11) is 0. The Balaban J connectivity index is 1.21. The Bertz CT molecular complexity index is 955. The lowest BCUT2D eigenvalue weighted by Gasteiger charge is -2.31. The third-order valence-electron chi connectivity index (χ3n) is 5.68. The molecular formula is C26H29N3O2. The van der Waals surface area contributed by atoms with E-state index in [0.717, 1.165) is 55.7 Å². The van der Waals surface area contributed by atoms with E-state index in [4.69, 9.17) is 4.74 Å². The average Bonchev–Trinajstić information content (AvgIpc) is 2.84. The van der Waals surface area contributed by atoms with E-state index in [-0.39, 0.29) is 6.10 Å². The normalized spacial score (nSPS) is 14.7. The summed E-state index contributed by atoms with van der Waals surface area (Å²) in [6, 6.07) is 28.5. The highest BCUT2D eigenvalue weighted by molar-refractivity contribution is 5.79. The first-order valence-electron chi connectivity index (χ1n) is 10.9. The molecule has 3 aromatic carbocycles. The maximum absolute atomic E-state index is 12.3. The van der Waals surface area contributed by atoms with Gasteiger partial charge in [-0.2, -0.15) is 0 Å². The zero-order valence-corrected chi connectivity index (χ0v) is 17.7. The topological polar surface area (TPSA) is 53.6 Å². The van der Waals surface area contributed by atoms with Crippen LogP contribution in [-0.4, -0.2) is 36.7 Å². The van der Waals surface area contributed by atoms with Gasteiger partial charge in [0.15, 0.2) is 0 Å². The Morgan fingerprint density at radius 3 is 2.26 bits per heavy atom. The number of hydrazine groups is 1. The minimum Gasteiger partial charge on any atom is -0.445 e. The molecule has 0 radical (unpaired) electrons. The highest BCUT2D eigenvalue weighted by Gasteiger charge is 2.22. The molecule has 0 saturated carbocycles. The summed E-state index contributed by atoms with van der Waals surface area (Å²) < 4.78 is 5.63. The van der Waals surface area contributed by atoms with Crippen LogP contribution in [0.15, 0.2) is 84.9 Å². The first-order valence-corrected chi connectivity index (χ1v) is 10.9. The number of anilines is 1. The lowest BCUT2D eigenvalue weighted by atomic mass is 10.0. The van der Waals surface area contributed by atoms with Crippen molar-refractivity contribution >= 4 is 11.8 Å². The van der Waals surface area contributed by atoms with Crippen molar-refractivity contribution in [2.45, 2.75) is 25.4 Å². The van der Waals surface area contributed by atoms with Gasteiger partial charge in [-0.05, 0) is 36.5 Å². The molecule has 0 unspecified atom stereocenters. The number of carbonyl (C=O) groups excluding carboxylic acids is 1. The minimum absolute atomic E-state index is 0.0425. The Morgan fingerprint density at radius 2 is 1.52 bits per heavy atom. The molecule has 1 heterocycles. The molecule has 3 aromatic rings. The molecular weight excluding hydrogens is 386 g/mol. The van der Waals surface area contributed by atoms with E-state index < -0.39 is 6.09 Å². The van der Waals surface area contributed by atoms with Gasteiger partial charge in [0.2, 0.25) is 0 Å². The van der Waals surface area contributed by atoms with Gasteiger partial charge in [0.25, 0.3) is 0 Å². The Morgan fingerprint density at radius 1 is 0.871 bits per heavy atom. The van der Waals surface area contributed by atoms with Crippen molar-refractivity contribution in [2.75, 3.05) is 25.1 Å². The van der Waals surface area contributed by atoms with E-state index in [2.05, 4.69) is 40.0 Å². The first-order chi connectivity index (χ1) is 15.3. The molecule has 0 spiro atoms. The maximum atomic E-state index is 12.3. The molecule has 0 aromatic heterocycles. The number of piperidine rings is 1. The average molecular weight is 416 g/mol. The van der Waals surface area contributed by atoms with Crippen LogP contribution in [0, 0.1) is 0 Å². The van der Waals surface area contributed by atoms with E-state index in [1.165, 1.54) is 5.56 Å². The molecule has 1 saturated heterocycles. The van der Waals surface area contributed by atoms with Crippen molar-refractivity contribution in [3.05, 3.63) is 90.5 Å². The van der Waals surface area contributed by atoms with Gasteiger partial charge in [-0.3, -0.25) is 5.43 Å². The van der Waals surface area contributed by atoms with E-state index in [1.54, 1.807) is 0 Å². The molecule has 1 fully saturated rings. The summed E-state index contributed by atoms with van der Waals surface area (Å²) in [6.45, 7) is 2.95. The second kappa shape index (κ2) is 10.6. The molecule has 5 nitrogen and oxygen atoms in total. The van der Waals surface area contributed by atoms with Crippen LogP contribution < -0.4 is 10.9 Å². The number of rotatable bonds is 7. The number of ether oxygens (including phenoxy) is 1. The summed E-state index contributed by atoms with van der Waals surface area (Å²) in [5, 5.41) is 0. The van der Waals surface area contributed by atoms with E-state index in [1.807, 2.05) is 60.7 Å². The molecule has 0 aliphatic carbocycles. The second-order valence-corrected chi connectivity index (χ2v) is 7.84. The molecule has 0 bridgehead atoms. The summed E-state index contributed by atoms with van der Waals surface area (Å²) in [5.74, 6) is 0. The van der Waals surface area contributed by atoms with E-state index >= 15 is 0 Å². The van der Waals surface area contributed by atoms with Crippen LogP contribution in [0.25, 0.3) is 11.1 Å². The zero-order valence-electron chi connectivity index (χ0n) is 17.7. The zero-order chi connectivity index (χ0) is 21.3. The third-order valence-corrected chi connectivity index (χ3v) is 5.68. The Labute approximate surface area is 184 Å². The lowest BCUT2D eigenvalue weighted by Crippen LogP contribution is -2.41. The molecule has 1 aliphatic heterocycles. The van der Waals surface area contributed by atoms with Gasteiger partial charge < -0.3 is 9.64 Å². The van der Waals surface area contributed by atoms with Gasteiger partial charge in [-0.1, -0.05) is 78.9 Å². The summed E-state index contributed by atoms with van der Waals surface area (Å²) in [5.41, 5.74) is 10.0. The van der Waals surface area contributed by atoms with Crippen LogP contribution in [-0.2, 0) is 11.2 Å². The highest BCUT2D eigenvalue weighted by atomic mass is 16.6. The number of para-hydroxylation sites is 1. The third kappa shape index (κ3) is 6.09. The Hall–Kier alpha value is -3.31. The van der Waals surface area contributed by atoms with Crippen molar-refractivity contribution in [1.29, 1.82) is 0 Å². The summed E-state index contributed by atoms with van der Waals surface area (Å²) in [6.07, 6.45) is 2.30. The van der Waals surface area contributed by atoms with Gasteiger partial charge >= 0.3 is 6.09 Å². The number of nitrogens with zero attached hydrogens (tertiary/aromatic N) is 1. The lowest BCUT2D eigenvalue weighted by molar-refractivity contribution is 0.0522. The molecule has 160 valence electrons. The van der Waals surface area contributed by atoms with E-state index in [9.17, 15) is 4.79 Å². The fraction of sp³-hybridized carbons (Fsp3) is 0.269. The Kier molecular flexibility index (Phi) is 7.19. The number of hydrogen-bond acceptors (Lipinski definition) is 4. The molecule has 5 heteroatoms. The molecule has 2 N–H and O–H groups in total. The van der Waals surface area contributed by atoms with Crippen molar-refractivity contribution in [3.63, 3.8) is 0 Å². The van der Waals surface area contributed by atoms with Crippen LogP contribution in [0.1, 0.15) is 18.4 Å². The smallest absolute Gasteiger partial charge is 0.426 e. The predicted molar refractivity (Wildman–Crippen MR) is 125 cm³/mol. The maximum Gasteiger partial charge on any atom is 0.426 e. The molecule has 1 aliphatic rings. The van der Waals surface area contributed by atoms with Crippen molar-refractivity contribution in [2.24, 2.45) is 0 Å². The minimum atomic E-state index is -0.439. The van der Waals surface area contributed by atoms with Crippen LogP contribution in [0.2, 0.25) is 0 Å². The highest BCUT2D eigenvalue weighted by Crippen LogP contribution is 2.27. The van der Waals surface area contributed by atoms with Gasteiger partial charge in [-0.15, -0.1) is 0 Å². The summed E-state index contributed by atoms with van der Waals surface area (Å²) >= 11 is 0. The number of amides is 1. The quantitative estimate of drug-likeness (QED) is 0.526. The van der Waals surface area contributed by atoms with Crippen LogP contribution in [0.3, 0.4) is 0 Å². The predicted octanol–water partition coefficient (Wildman–Crippen LogP) is 5.11. The largest absolute Gasteiger partial charge is 0.445 e. The summed E-state index contributed by atoms with van der Waals surface area (Å²) in [4.78, 5) is 14.8. The molecule has 31 heavy (non-hydrogen) atoms. The molecule has 0 atom stereocenters. The standard InChI is InChI=1S/C26H29N3O2/c30-26(28-27-25-14-8-7-13-24(25)22-11-5-2-6-12-22)31-23-16-19-29(20-17-23)18-15-21-9-3-1-4-10-21/h1-14,23,27H,15-20H2,(H,28,30). The number of hydrogen-bond donors (Lipinski definition) is 2. The second-order valence-electron chi connectivity index (χ2n) is 7.84. The van der Waals surface area contributed by atoms with Crippen molar-refractivity contribution < 1.29 is 9.53 Å². The van der Waals surface area contributed by atoms with Gasteiger partial charge in [0.05, 0.1) is 5.69 Å². The fourth-order valence-electron chi connectivity index (χ4n) is 3.94. The molecule has 1 amide bonds. The van der Waals surface area contributed by atoms with Crippen molar-refractivity contribution in [3.8, 4) is 11.1 Å². The van der Waals surface area contributed by atoms with E-state index in [0.29, 0.717) is 0 Å². The van der Waals surface area contributed by atoms with Gasteiger partial charge in [0.1, 0.15) is 6.10 Å².